The molecule has 2 unspecified atom stereocenters. The summed E-state index contributed by atoms with van der Waals surface area (Å²) in [4.78, 5) is 0.0667. The van der Waals surface area contributed by atoms with Crippen LogP contribution in [0.3, 0.4) is 0 Å². The standard InChI is InChI=1S/C11H18N2O3S/c1-8(7-14)9(2)13-10-5-3-4-6-11(10)17(12,15)16/h3-6,8-9,13-14H,7H2,1-2H3,(H2,12,15,16). The fraction of sp³-hybridized carbons (Fsp3) is 0.455. The molecular formula is C11H18N2O3S. The molecule has 1 rings (SSSR count). The van der Waals surface area contributed by atoms with Crippen molar-refractivity contribution < 1.29 is 13.5 Å². The highest BCUT2D eigenvalue weighted by atomic mass is 32.2. The molecule has 0 aliphatic heterocycles. The van der Waals surface area contributed by atoms with Crippen LogP contribution < -0.4 is 10.5 Å². The largest absolute Gasteiger partial charge is 0.396 e. The van der Waals surface area contributed by atoms with Gasteiger partial charge in [0.2, 0.25) is 10.0 Å². The van der Waals surface area contributed by atoms with Gasteiger partial charge < -0.3 is 10.4 Å². The molecule has 17 heavy (non-hydrogen) atoms. The minimum absolute atomic E-state index is 0.0172. The molecule has 0 heterocycles. The molecule has 0 amide bonds. The van der Waals surface area contributed by atoms with Gasteiger partial charge in [-0.05, 0) is 25.0 Å². The van der Waals surface area contributed by atoms with E-state index in [1.807, 2.05) is 13.8 Å². The van der Waals surface area contributed by atoms with Crippen LogP contribution in [0.1, 0.15) is 13.8 Å². The second kappa shape index (κ2) is 5.48. The molecule has 0 aliphatic carbocycles. The number of primary sulfonamides is 1. The molecule has 0 radical (unpaired) electrons. The number of aliphatic hydroxyl groups is 1. The van der Waals surface area contributed by atoms with Crippen LogP contribution in [0.5, 0.6) is 0 Å². The summed E-state index contributed by atoms with van der Waals surface area (Å²) in [6.45, 7) is 3.78. The molecule has 96 valence electrons. The molecule has 0 saturated heterocycles. The number of benzene rings is 1. The van der Waals surface area contributed by atoms with Crippen LogP contribution in [0.2, 0.25) is 0 Å². The number of nitrogens with two attached hydrogens (primary N) is 1. The summed E-state index contributed by atoms with van der Waals surface area (Å²) in [5, 5.41) is 17.2. The zero-order valence-electron chi connectivity index (χ0n) is 9.92. The molecular weight excluding hydrogens is 240 g/mol. The first-order valence-electron chi connectivity index (χ1n) is 5.35. The van der Waals surface area contributed by atoms with Gasteiger partial charge in [0, 0.05) is 12.6 Å². The van der Waals surface area contributed by atoms with E-state index in [1.54, 1.807) is 18.2 Å². The van der Waals surface area contributed by atoms with Crippen molar-refractivity contribution in [3.8, 4) is 0 Å². The molecule has 0 aromatic heterocycles. The molecule has 0 fully saturated rings. The number of rotatable bonds is 5. The Bertz CT molecular complexity index is 473. The maximum atomic E-state index is 11.4. The van der Waals surface area contributed by atoms with E-state index in [0.29, 0.717) is 5.69 Å². The molecule has 1 aromatic rings. The maximum Gasteiger partial charge on any atom is 0.240 e. The van der Waals surface area contributed by atoms with Crippen molar-refractivity contribution in [3.05, 3.63) is 24.3 Å². The van der Waals surface area contributed by atoms with Crippen LogP contribution in [0.4, 0.5) is 5.69 Å². The van der Waals surface area contributed by atoms with Gasteiger partial charge >= 0.3 is 0 Å². The summed E-state index contributed by atoms with van der Waals surface area (Å²) in [6.07, 6.45) is 0. The lowest BCUT2D eigenvalue weighted by molar-refractivity contribution is 0.226. The van der Waals surface area contributed by atoms with Gasteiger partial charge in [0.15, 0.2) is 0 Å². The van der Waals surface area contributed by atoms with Gasteiger partial charge in [-0.3, -0.25) is 0 Å². The normalized spacial score (nSPS) is 15.3. The predicted molar refractivity (Wildman–Crippen MR) is 67.1 cm³/mol. The predicted octanol–water partition coefficient (Wildman–Crippen LogP) is 0.763. The molecule has 1 aromatic carbocycles. The van der Waals surface area contributed by atoms with E-state index in [9.17, 15) is 8.42 Å². The third-order valence-electron chi connectivity index (χ3n) is 2.72. The third-order valence-corrected chi connectivity index (χ3v) is 3.69. The Morgan fingerprint density at radius 2 is 1.94 bits per heavy atom. The summed E-state index contributed by atoms with van der Waals surface area (Å²) in [5.41, 5.74) is 0.461. The SMILES string of the molecule is CC(CO)C(C)Nc1ccccc1S(N)(=O)=O. The van der Waals surface area contributed by atoms with Crippen LogP contribution in [-0.2, 0) is 10.0 Å². The van der Waals surface area contributed by atoms with Gasteiger partial charge in [-0.15, -0.1) is 0 Å². The molecule has 4 N–H and O–H groups in total. The first kappa shape index (κ1) is 14.0. The number of anilines is 1. The van der Waals surface area contributed by atoms with Gasteiger partial charge in [0.05, 0.1) is 5.69 Å². The fourth-order valence-electron chi connectivity index (χ4n) is 1.38. The first-order valence-corrected chi connectivity index (χ1v) is 6.90. The molecule has 0 saturated carbocycles. The van der Waals surface area contributed by atoms with Crippen LogP contribution in [0.15, 0.2) is 29.2 Å². The van der Waals surface area contributed by atoms with Crippen molar-refractivity contribution in [1.29, 1.82) is 0 Å². The third kappa shape index (κ3) is 3.69. The van der Waals surface area contributed by atoms with Crippen molar-refractivity contribution in [3.63, 3.8) is 0 Å². The second-order valence-corrected chi connectivity index (χ2v) is 5.66. The van der Waals surface area contributed by atoms with Crippen LogP contribution in [0.25, 0.3) is 0 Å². The number of nitrogens with one attached hydrogen (secondary N) is 1. The van der Waals surface area contributed by atoms with E-state index < -0.39 is 10.0 Å². The highest BCUT2D eigenvalue weighted by Gasteiger charge is 2.17. The van der Waals surface area contributed by atoms with E-state index in [2.05, 4.69) is 5.32 Å². The zero-order valence-corrected chi connectivity index (χ0v) is 10.7. The van der Waals surface area contributed by atoms with Crippen molar-refractivity contribution in [1.82, 2.24) is 0 Å². The Balaban J connectivity index is 3.00. The zero-order chi connectivity index (χ0) is 13.1. The quantitative estimate of drug-likeness (QED) is 0.727. The number of hydrogen-bond donors (Lipinski definition) is 3. The summed E-state index contributed by atoms with van der Waals surface area (Å²) in [7, 11) is -3.74. The van der Waals surface area contributed by atoms with Gasteiger partial charge in [-0.2, -0.15) is 0 Å². The first-order chi connectivity index (χ1) is 7.86. The average Bonchev–Trinajstić information content (AvgIpc) is 2.27. The molecule has 0 spiro atoms. The number of para-hydroxylation sites is 1. The van der Waals surface area contributed by atoms with Crippen LogP contribution in [-0.4, -0.2) is 26.2 Å². The summed E-state index contributed by atoms with van der Waals surface area (Å²) in [6, 6.07) is 6.40. The highest BCUT2D eigenvalue weighted by Crippen LogP contribution is 2.21. The Hall–Kier alpha value is -1.11. The Labute approximate surface area is 102 Å². The van der Waals surface area contributed by atoms with Crippen LogP contribution >= 0.6 is 0 Å². The van der Waals surface area contributed by atoms with E-state index in [0.717, 1.165) is 0 Å². The Kier molecular flexibility index (Phi) is 4.50. The fourth-order valence-corrected chi connectivity index (χ4v) is 2.08. The summed E-state index contributed by atoms with van der Waals surface area (Å²) < 4.78 is 22.7. The number of sulfonamides is 1. The monoisotopic (exact) mass is 258 g/mol. The molecule has 0 bridgehead atoms. The average molecular weight is 258 g/mol. The highest BCUT2D eigenvalue weighted by molar-refractivity contribution is 7.89. The summed E-state index contributed by atoms with van der Waals surface area (Å²) in [5.74, 6) is 0.0172. The minimum Gasteiger partial charge on any atom is -0.396 e. The lowest BCUT2D eigenvalue weighted by atomic mass is 10.0. The maximum absolute atomic E-state index is 11.4. The van der Waals surface area contributed by atoms with Crippen molar-refractivity contribution in [2.24, 2.45) is 11.1 Å². The Morgan fingerprint density at radius 3 is 2.47 bits per heavy atom. The van der Waals surface area contributed by atoms with E-state index in [1.165, 1.54) is 6.07 Å². The lowest BCUT2D eigenvalue weighted by Crippen LogP contribution is -2.27. The lowest BCUT2D eigenvalue weighted by Gasteiger charge is -2.21. The number of aliphatic hydroxyl groups excluding tert-OH is 1. The van der Waals surface area contributed by atoms with Crippen molar-refractivity contribution in [2.75, 3.05) is 11.9 Å². The number of hydrogen-bond acceptors (Lipinski definition) is 4. The van der Waals surface area contributed by atoms with E-state index in [-0.39, 0.29) is 23.5 Å². The van der Waals surface area contributed by atoms with Gasteiger partial charge in [-0.1, -0.05) is 19.1 Å². The van der Waals surface area contributed by atoms with E-state index in [4.69, 9.17) is 10.2 Å². The summed E-state index contributed by atoms with van der Waals surface area (Å²) >= 11 is 0. The van der Waals surface area contributed by atoms with Gasteiger partial charge in [0.25, 0.3) is 0 Å². The smallest absolute Gasteiger partial charge is 0.240 e. The van der Waals surface area contributed by atoms with Crippen LogP contribution in [0, 0.1) is 5.92 Å². The van der Waals surface area contributed by atoms with Crippen molar-refractivity contribution >= 4 is 15.7 Å². The minimum atomic E-state index is -3.74. The molecule has 0 aliphatic rings. The molecule has 2 atom stereocenters. The topological polar surface area (TPSA) is 92.4 Å². The molecule has 5 nitrogen and oxygen atoms in total. The van der Waals surface area contributed by atoms with Gasteiger partial charge in [-0.25, -0.2) is 13.6 Å². The van der Waals surface area contributed by atoms with E-state index >= 15 is 0 Å². The molecule has 6 heteroatoms. The van der Waals surface area contributed by atoms with Crippen molar-refractivity contribution in [2.45, 2.75) is 24.8 Å². The Morgan fingerprint density at radius 1 is 1.35 bits per heavy atom. The second-order valence-electron chi connectivity index (χ2n) is 4.13. The van der Waals surface area contributed by atoms with Gasteiger partial charge in [0.1, 0.15) is 4.90 Å².